The Balaban J connectivity index is 2.28. The predicted octanol–water partition coefficient (Wildman–Crippen LogP) is 4.20. The van der Waals surface area contributed by atoms with Crippen LogP contribution in [0.4, 0.5) is 0 Å². The van der Waals surface area contributed by atoms with Crippen molar-refractivity contribution >= 4 is 0 Å². The van der Waals surface area contributed by atoms with E-state index in [1.54, 1.807) is 0 Å². The minimum atomic E-state index is 1.09. The lowest BCUT2D eigenvalue weighted by atomic mass is 10.1. The molecule has 71 valence electrons. The molecule has 0 bridgehead atoms. The molecule has 0 saturated heterocycles. The van der Waals surface area contributed by atoms with Crippen LogP contribution in [0.2, 0.25) is 0 Å². The SMILES string of the molecule is [C]1=C/C=C\CCCC/C=C/CCC/1. The molecule has 0 heterocycles. The maximum absolute atomic E-state index is 3.28. The van der Waals surface area contributed by atoms with E-state index in [9.17, 15) is 0 Å². The first-order chi connectivity index (χ1) is 6.50. The van der Waals surface area contributed by atoms with E-state index in [2.05, 4.69) is 36.5 Å². The van der Waals surface area contributed by atoms with Crippen molar-refractivity contribution < 1.29 is 0 Å². The van der Waals surface area contributed by atoms with Crippen LogP contribution < -0.4 is 0 Å². The zero-order chi connectivity index (χ0) is 9.19. The number of rotatable bonds is 0. The normalized spacial score (nSPS) is 27.7. The molecule has 0 aromatic carbocycles. The summed E-state index contributed by atoms with van der Waals surface area (Å²) in [6.45, 7) is 0. The highest BCUT2D eigenvalue weighted by Gasteiger charge is 1.85. The van der Waals surface area contributed by atoms with E-state index in [1.165, 1.54) is 38.5 Å². The van der Waals surface area contributed by atoms with E-state index < -0.39 is 0 Å². The van der Waals surface area contributed by atoms with Crippen LogP contribution >= 0.6 is 0 Å². The molecule has 0 nitrogen and oxygen atoms in total. The molecule has 0 amide bonds. The molecular formula is C13H19. The summed E-state index contributed by atoms with van der Waals surface area (Å²) >= 11 is 0. The molecule has 0 saturated carbocycles. The van der Waals surface area contributed by atoms with Crippen molar-refractivity contribution in [2.75, 3.05) is 0 Å². The Bertz CT molecular complexity index is 184. The van der Waals surface area contributed by atoms with Gasteiger partial charge >= 0.3 is 0 Å². The summed E-state index contributed by atoms with van der Waals surface area (Å²) in [6.07, 6.45) is 23.0. The van der Waals surface area contributed by atoms with Crippen LogP contribution in [0.3, 0.4) is 0 Å². The Labute approximate surface area is 82.0 Å². The van der Waals surface area contributed by atoms with Crippen molar-refractivity contribution in [3.8, 4) is 0 Å². The quantitative estimate of drug-likeness (QED) is 0.484. The van der Waals surface area contributed by atoms with Crippen LogP contribution in [0.25, 0.3) is 0 Å². The summed E-state index contributed by atoms with van der Waals surface area (Å²) in [5.74, 6) is 0. The summed E-state index contributed by atoms with van der Waals surface area (Å²) < 4.78 is 0. The highest BCUT2D eigenvalue weighted by Crippen LogP contribution is 2.05. The monoisotopic (exact) mass is 175 g/mol. The van der Waals surface area contributed by atoms with Gasteiger partial charge in [-0.25, -0.2) is 0 Å². The fourth-order valence-corrected chi connectivity index (χ4v) is 1.40. The lowest BCUT2D eigenvalue weighted by Gasteiger charge is -1.92. The second-order valence-electron chi connectivity index (χ2n) is 3.45. The van der Waals surface area contributed by atoms with Crippen LogP contribution in [0, 0.1) is 6.08 Å². The Kier molecular flexibility index (Phi) is 6.22. The van der Waals surface area contributed by atoms with Crippen molar-refractivity contribution in [2.45, 2.75) is 44.9 Å². The van der Waals surface area contributed by atoms with Crippen LogP contribution in [0.5, 0.6) is 0 Å². The molecule has 1 radical (unpaired) electrons. The summed E-state index contributed by atoms with van der Waals surface area (Å²) in [5, 5.41) is 0. The molecule has 13 heavy (non-hydrogen) atoms. The van der Waals surface area contributed by atoms with Gasteiger partial charge in [0.05, 0.1) is 0 Å². The second kappa shape index (κ2) is 7.85. The van der Waals surface area contributed by atoms with Crippen LogP contribution in [-0.2, 0) is 0 Å². The zero-order valence-corrected chi connectivity index (χ0v) is 8.34. The summed E-state index contributed by atoms with van der Waals surface area (Å²) in [4.78, 5) is 0. The molecule has 0 unspecified atom stereocenters. The highest BCUT2D eigenvalue weighted by atomic mass is 13.9. The molecule has 1 aliphatic rings. The third kappa shape index (κ3) is 6.39. The smallest absolute Gasteiger partial charge is 0.0273 e. The van der Waals surface area contributed by atoms with Gasteiger partial charge in [-0.1, -0.05) is 30.4 Å². The van der Waals surface area contributed by atoms with E-state index in [4.69, 9.17) is 0 Å². The average molecular weight is 175 g/mol. The minimum Gasteiger partial charge on any atom is -0.0885 e. The Morgan fingerprint density at radius 3 is 2.31 bits per heavy atom. The van der Waals surface area contributed by atoms with Gasteiger partial charge in [-0.3, -0.25) is 0 Å². The Hall–Kier alpha value is -0.780. The van der Waals surface area contributed by atoms with Crippen molar-refractivity contribution in [3.05, 3.63) is 36.5 Å². The molecule has 0 spiro atoms. The van der Waals surface area contributed by atoms with Gasteiger partial charge < -0.3 is 0 Å². The largest absolute Gasteiger partial charge is 0.0885 e. The third-order valence-electron chi connectivity index (χ3n) is 2.20. The van der Waals surface area contributed by atoms with Crippen molar-refractivity contribution in [1.29, 1.82) is 0 Å². The number of allylic oxidation sites excluding steroid dienone is 6. The third-order valence-corrected chi connectivity index (χ3v) is 2.20. The molecule has 1 aliphatic carbocycles. The van der Waals surface area contributed by atoms with Gasteiger partial charge in [0.1, 0.15) is 0 Å². The van der Waals surface area contributed by atoms with Gasteiger partial charge in [-0.15, -0.1) is 0 Å². The van der Waals surface area contributed by atoms with E-state index >= 15 is 0 Å². The highest BCUT2D eigenvalue weighted by molar-refractivity contribution is 4.99. The molecule has 0 heteroatoms. The molecule has 1 rings (SSSR count). The molecule has 0 aliphatic heterocycles. The van der Waals surface area contributed by atoms with E-state index in [1.807, 2.05) is 0 Å². The lowest BCUT2D eigenvalue weighted by molar-refractivity contribution is 0.759. The summed E-state index contributed by atoms with van der Waals surface area (Å²) in [7, 11) is 0. The van der Waals surface area contributed by atoms with E-state index in [0.29, 0.717) is 0 Å². The van der Waals surface area contributed by atoms with Crippen LogP contribution in [-0.4, -0.2) is 0 Å². The maximum Gasteiger partial charge on any atom is -0.0273 e. The molecule has 0 aromatic heterocycles. The first kappa shape index (κ1) is 10.3. The standard InChI is InChI=1S/C13H19/c1-2-4-6-8-10-12-13-11-9-7-5-3-1/h1-3,12-13H,4,6-11H2/b2-1-,5-3?,13-12+. The maximum atomic E-state index is 3.28. The van der Waals surface area contributed by atoms with Crippen molar-refractivity contribution in [1.82, 2.24) is 0 Å². The fourth-order valence-electron chi connectivity index (χ4n) is 1.40. The molecular weight excluding hydrogens is 156 g/mol. The molecule has 0 atom stereocenters. The molecule has 0 aromatic rings. The van der Waals surface area contributed by atoms with Gasteiger partial charge in [0.25, 0.3) is 0 Å². The van der Waals surface area contributed by atoms with Gasteiger partial charge in [-0.2, -0.15) is 0 Å². The topological polar surface area (TPSA) is 0 Å². The second-order valence-corrected chi connectivity index (χ2v) is 3.45. The molecule has 0 N–H and O–H groups in total. The van der Waals surface area contributed by atoms with Crippen molar-refractivity contribution in [2.24, 2.45) is 0 Å². The van der Waals surface area contributed by atoms with Gasteiger partial charge in [0.2, 0.25) is 0 Å². The lowest BCUT2D eigenvalue weighted by Crippen LogP contribution is -1.72. The predicted molar refractivity (Wildman–Crippen MR) is 58.4 cm³/mol. The number of hydrogen-bond acceptors (Lipinski definition) is 0. The van der Waals surface area contributed by atoms with Crippen LogP contribution in [0.15, 0.2) is 30.4 Å². The summed E-state index contributed by atoms with van der Waals surface area (Å²) in [5.41, 5.74) is 0. The van der Waals surface area contributed by atoms with E-state index in [-0.39, 0.29) is 0 Å². The van der Waals surface area contributed by atoms with Crippen LogP contribution in [0.1, 0.15) is 44.9 Å². The van der Waals surface area contributed by atoms with Crippen molar-refractivity contribution in [3.63, 3.8) is 0 Å². The first-order valence-electron chi connectivity index (χ1n) is 5.37. The average Bonchev–Trinajstić information content (AvgIpc) is 2.18. The summed E-state index contributed by atoms with van der Waals surface area (Å²) in [6, 6.07) is 0. The Morgan fingerprint density at radius 2 is 1.46 bits per heavy atom. The first-order valence-corrected chi connectivity index (χ1v) is 5.37. The van der Waals surface area contributed by atoms with Gasteiger partial charge in [-0.05, 0) is 51.0 Å². The molecule has 0 fully saturated rings. The zero-order valence-electron chi connectivity index (χ0n) is 8.34. The minimum absolute atomic E-state index is 1.09. The van der Waals surface area contributed by atoms with E-state index in [0.717, 1.165) is 6.42 Å². The Morgan fingerprint density at radius 1 is 0.769 bits per heavy atom. The van der Waals surface area contributed by atoms with Gasteiger partial charge in [0, 0.05) is 0 Å². The number of hydrogen-bond donors (Lipinski definition) is 0. The van der Waals surface area contributed by atoms with Gasteiger partial charge in [0.15, 0.2) is 0 Å². The fraction of sp³-hybridized carbons (Fsp3) is 0.538.